The highest BCUT2D eigenvalue weighted by Crippen LogP contribution is 2.28. The number of nitrogens with two attached hydrogens (primary N) is 1. The Hall–Kier alpha value is -2.17. The van der Waals surface area contributed by atoms with Crippen LogP contribution >= 0.6 is 0 Å². The second kappa shape index (κ2) is 5.65. The lowest BCUT2D eigenvalue weighted by molar-refractivity contribution is 0.416. The molecular weight excluding hydrogens is 240 g/mol. The van der Waals surface area contributed by atoms with E-state index < -0.39 is 0 Å². The molecule has 0 amide bonds. The van der Waals surface area contributed by atoms with Crippen LogP contribution in [0.25, 0.3) is 11.4 Å². The van der Waals surface area contributed by atoms with Crippen molar-refractivity contribution in [1.29, 1.82) is 0 Å². The molecule has 0 saturated carbocycles. The average molecular weight is 258 g/mol. The average Bonchev–Trinajstić information content (AvgIpc) is 2.38. The number of nitrogens with zero attached hydrogens (tertiary/aromatic N) is 3. The predicted molar refractivity (Wildman–Crippen MR) is 75.0 cm³/mol. The molecule has 1 heterocycles. The molecule has 0 aliphatic heterocycles. The van der Waals surface area contributed by atoms with Crippen LogP contribution in [0.1, 0.15) is 24.7 Å². The van der Waals surface area contributed by atoms with Crippen LogP contribution in [0.15, 0.2) is 18.2 Å². The first-order valence-corrected chi connectivity index (χ1v) is 6.29. The SMILES string of the molecule is CCCc1nc(N)nc(-c2ccc(C)cc2OC)n1. The van der Waals surface area contributed by atoms with Crippen molar-refractivity contribution in [2.75, 3.05) is 12.8 Å². The molecule has 0 unspecified atom stereocenters. The Morgan fingerprint density at radius 1 is 1.21 bits per heavy atom. The molecule has 19 heavy (non-hydrogen) atoms. The third-order valence-corrected chi connectivity index (χ3v) is 2.77. The number of nitrogen functional groups attached to an aromatic ring is 1. The Kier molecular flexibility index (Phi) is 3.94. The smallest absolute Gasteiger partial charge is 0.223 e. The fraction of sp³-hybridized carbons (Fsp3) is 0.357. The standard InChI is InChI=1S/C14H18N4O/c1-4-5-12-16-13(18-14(15)17-12)10-7-6-9(2)8-11(10)19-3/h6-8H,4-5H2,1-3H3,(H2,15,16,17,18). The Balaban J connectivity index is 2.51. The molecule has 0 spiro atoms. The Labute approximate surface area is 112 Å². The quantitative estimate of drug-likeness (QED) is 0.911. The van der Waals surface area contributed by atoms with E-state index in [0.29, 0.717) is 11.6 Å². The number of hydrogen-bond acceptors (Lipinski definition) is 5. The lowest BCUT2D eigenvalue weighted by atomic mass is 10.1. The first kappa shape index (κ1) is 13.3. The zero-order valence-electron chi connectivity index (χ0n) is 11.5. The number of rotatable bonds is 4. The summed E-state index contributed by atoms with van der Waals surface area (Å²) in [5, 5.41) is 0. The normalized spacial score (nSPS) is 10.5. The summed E-state index contributed by atoms with van der Waals surface area (Å²) in [5.74, 6) is 2.27. The summed E-state index contributed by atoms with van der Waals surface area (Å²) in [6.07, 6.45) is 1.75. The molecule has 1 aromatic heterocycles. The van der Waals surface area contributed by atoms with Crippen molar-refractivity contribution in [3.05, 3.63) is 29.6 Å². The van der Waals surface area contributed by atoms with E-state index in [4.69, 9.17) is 10.5 Å². The number of aryl methyl sites for hydroxylation is 2. The minimum Gasteiger partial charge on any atom is -0.496 e. The molecule has 5 nitrogen and oxygen atoms in total. The Bertz CT molecular complexity index is 584. The molecule has 0 radical (unpaired) electrons. The Morgan fingerprint density at radius 3 is 2.68 bits per heavy atom. The largest absolute Gasteiger partial charge is 0.496 e. The number of benzene rings is 1. The summed E-state index contributed by atoms with van der Waals surface area (Å²) >= 11 is 0. The van der Waals surface area contributed by atoms with E-state index >= 15 is 0 Å². The molecule has 1 aromatic carbocycles. The number of methoxy groups -OCH3 is 1. The summed E-state index contributed by atoms with van der Waals surface area (Å²) < 4.78 is 5.38. The molecular formula is C14H18N4O. The van der Waals surface area contributed by atoms with Gasteiger partial charge in [-0.15, -0.1) is 0 Å². The minimum atomic E-state index is 0.246. The highest BCUT2D eigenvalue weighted by atomic mass is 16.5. The topological polar surface area (TPSA) is 73.9 Å². The van der Waals surface area contributed by atoms with Gasteiger partial charge >= 0.3 is 0 Å². The van der Waals surface area contributed by atoms with Crippen molar-refractivity contribution in [3.8, 4) is 17.1 Å². The van der Waals surface area contributed by atoms with Crippen LogP contribution in [0.3, 0.4) is 0 Å². The van der Waals surface area contributed by atoms with Gasteiger partial charge in [0.15, 0.2) is 5.82 Å². The van der Waals surface area contributed by atoms with E-state index in [0.717, 1.165) is 29.7 Å². The summed E-state index contributed by atoms with van der Waals surface area (Å²) in [7, 11) is 1.63. The monoisotopic (exact) mass is 258 g/mol. The van der Waals surface area contributed by atoms with Gasteiger partial charge < -0.3 is 10.5 Å². The second-order valence-corrected chi connectivity index (χ2v) is 4.39. The van der Waals surface area contributed by atoms with Gasteiger partial charge in [0.05, 0.1) is 12.7 Å². The van der Waals surface area contributed by atoms with Gasteiger partial charge in [-0.3, -0.25) is 0 Å². The van der Waals surface area contributed by atoms with Crippen LogP contribution in [0, 0.1) is 6.92 Å². The fourth-order valence-corrected chi connectivity index (χ4v) is 1.88. The van der Waals surface area contributed by atoms with Gasteiger partial charge in [0.25, 0.3) is 0 Å². The van der Waals surface area contributed by atoms with E-state index in [1.54, 1.807) is 7.11 Å². The third-order valence-electron chi connectivity index (χ3n) is 2.77. The highest BCUT2D eigenvalue weighted by Gasteiger charge is 2.11. The molecule has 2 aromatic rings. The van der Waals surface area contributed by atoms with Gasteiger partial charge in [0.1, 0.15) is 11.6 Å². The maximum absolute atomic E-state index is 5.75. The van der Waals surface area contributed by atoms with Crippen molar-refractivity contribution >= 4 is 5.95 Å². The zero-order chi connectivity index (χ0) is 13.8. The minimum absolute atomic E-state index is 0.246. The first-order valence-electron chi connectivity index (χ1n) is 6.29. The van der Waals surface area contributed by atoms with Gasteiger partial charge in [-0.05, 0) is 31.0 Å². The second-order valence-electron chi connectivity index (χ2n) is 4.39. The summed E-state index contributed by atoms with van der Waals surface area (Å²) in [4.78, 5) is 12.8. The van der Waals surface area contributed by atoms with Gasteiger partial charge in [0.2, 0.25) is 5.95 Å². The van der Waals surface area contributed by atoms with Gasteiger partial charge in [-0.2, -0.15) is 9.97 Å². The number of ether oxygens (including phenoxy) is 1. The maximum atomic E-state index is 5.75. The van der Waals surface area contributed by atoms with E-state index in [-0.39, 0.29) is 5.95 Å². The summed E-state index contributed by atoms with van der Waals surface area (Å²) in [5.41, 5.74) is 7.70. The maximum Gasteiger partial charge on any atom is 0.223 e. The number of hydrogen-bond donors (Lipinski definition) is 1. The summed E-state index contributed by atoms with van der Waals surface area (Å²) in [6, 6.07) is 5.89. The molecule has 5 heteroatoms. The van der Waals surface area contributed by atoms with E-state index in [1.165, 1.54) is 0 Å². The zero-order valence-corrected chi connectivity index (χ0v) is 11.5. The number of aromatic nitrogens is 3. The van der Waals surface area contributed by atoms with E-state index in [2.05, 4.69) is 21.9 Å². The molecule has 0 saturated heterocycles. The fourth-order valence-electron chi connectivity index (χ4n) is 1.88. The van der Waals surface area contributed by atoms with E-state index in [9.17, 15) is 0 Å². The third kappa shape index (κ3) is 2.99. The molecule has 0 fully saturated rings. The van der Waals surface area contributed by atoms with Crippen molar-refractivity contribution < 1.29 is 4.74 Å². The van der Waals surface area contributed by atoms with Crippen LogP contribution in [-0.4, -0.2) is 22.1 Å². The van der Waals surface area contributed by atoms with Crippen LogP contribution in [-0.2, 0) is 6.42 Å². The van der Waals surface area contributed by atoms with Crippen LogP contribution in [0.2, 0.25) is 0 Å². The predicted octanol–water partition coefficient (Wildman–Crippen LogP) is 2.39. The molecule has 0 atom stereocenters. The van der Waals surface area contributed by atoms with Gasteiger partial charge in [0, 0.05) is 6.42 Å². The lowest BCUT2D eigenvalue weighted by Gasteiger charge is -2.09. The first-order chi connectivity index (χ1) is 9.13. The molecule has 100 valence electrons. The Morgan fingerprint density at radius 2 is 2.00 bits per heavy atom. The van der Waals surface area contributed by atoms with Gasteiger partial charge in [-0.25, -0.2) is 4.98 Å². The van der Waals surface area contributed by atoms with E-state index in [1.807, 2.05) is 25.1 Å². The van der Waals surface area contributed by atoms with Crippen molar-refractivity contribution in [2.24, 2.45) is 0 Å². The van der Waals surface area contributed by atoms with Gasteiger partial charge in [-0.1, -0.05) is 13.0 Å². The highest BCUT2D eigenvalue weighted by molar-refractivity contribution is 5.65. The number of anilines is 1. The molecule has 0 aliphatic carbocycles. The molecule has 2 rings (SSSR count). The van der Waals surface area contributed by atoms with Crippen molar-refractivity contribution in [2.45, 2.75) is 26.7 Å². The molecule has 0 aliphatic rings. The van der Waals surface area contributed by atoms with Crippen LogP contribution in [0.4, 0.5) is 5.95 Å². The lowest BCUT2D eigenvalue weighted by Crippen LogP contribution is -2.05. The molecule has 0 bridgehead atoms. The van der Waals surface area contributed by atoms with Crippen LogP contribution in [0.5, 0.6) is 5.75 Å². The van der Waals surface area contributed by atoms with Crippen molar-refractivity contribution in [1.82, 2.24) is 15.0 Å². The summed E-state index contributed by atoms with van der Waals surface area (Å²) in [6.45, 7) is 4.09. The van der Waals surface area contributed by atoms with Crippen LogP contribution < -0.4 is 10.5 Å². The van der Waals surface area contributed by atoms with Crippen molar-refractivity contribution in [3.63, 3.8) is 0 Å². The molecule has 2 N–H and O–H groups in total.